The topological polar surface area (TPSA) is 46.3 Å². The summed E-state index contributed by atoms with van der Waals surface area (Å²) in [5.41, 5.74) is 7.22. The van der Waals surface area contributed by atoms with Gasteiger partial charge in [0.05, 0.1) is 12.1 Å². The normalized spacial score (nSPS) is 17.6. The second kappa shape index (κ2) is 6.78. The van der Waals surface area contributed by atoms with Crippen molar-refractivity contribution in [3.8, 4) is 11.8 Å². The highest BCUT2D eigenvalue weighted by molar-refractivity contribution is 5.96. The van der Waals surface area contributed by atoms with E-state index in [4.69, 9.17) is 5.73 Å². The van der Waals surface area contributed by atoms with E-state index in [1.54, 1.807) is 0 Å². The van der Waals surface area contributed by atoms with Crippen molar-refractivity contribution in [1.82, 2.24) is 4.90 Å². The maximum atomic E-state index is 12.8. The Morgan fingerprint density at radius 3 is 2.81 bits per heavy atom. The summed E-state index contributed by atoms with van der Waals surface area (Å²) in [6.45, 7) is 6.52. The second-order valence-electron chi connectivity index (χ2n) is 6.36. The third-order valence-electron chi connectivity index (χ3n) is 4.11. The summed E-state index contributed by atoms with van der Waals surface area (Å²) >= 11 is 0. The first-order chi connectivity index (χ1) is 10.0. The van der Waals surface area contributed by atoms with E-state index in [-0.39, 0.29) is 5.91 Å². The van der Waals surface area contributed by atoms with E-state index in [1.807, 2.05) is 29.2 Å². The summed E-state index contributed by atoms with van der Waals surface area (Å²) in [5.74, 6) is 5.93. The summed E-state index contributed by atoms with van der Waals surface area (Å²) < 4.78 is 0. The molecule has 0 unspecified atom stereocenters. The molecule has 112 valence electrons. The number of rotatable bonds is 1. The average Bonchev–Trinajstić information content (AvgIpc) is 2.65. The predicted molar refractivity (Wildman–Crippen MR) is 85.9 cm³/mol. The van der Waals surface area contributed by atoms with Crippen LogP contribution in [-0.2, 0) is 0 Å². The lowest BCUT2D eigenvalue weighted by molar-refractivity contribution is 0.0757. The Bertz CT molecular complexity index is 566. The molecule has 1 amide bonds. The van der Waals surface area contributed by atoms with Gasteiger partial charge in [-0.2, -0.15) is 0 Å². The van der Waals surface area contributed by atoms with E-state index < -0.39 is 0 Å². The molecule has 2 N–H and O–H groups in total. The van der Waals surface area contributed by atoms with Crippen molar-refractivity contribution < 1.29 is 4.79 Å². The van der Waals surface area contributed by atoms with Crippen LogP contribution in [0.4, 0.5) is 0 Å². The summed E-state index contributed by atoms with van der Waals surface area (Å²) in [7, 11) is 0. The molecule has 1 heterocycles. The summed E-state index contributed by atoms with van der Waals surface area (Å²) in [6, 6.07) is 7.54. The smallest absolute Gasteiger partial charge is 0.255 e. The largest absolute Gasteiger partial charge is 0.339 e. The molecule has 0 aromatic heterocycles. The van der Waals surface area contributed by atoms with Crippen LogP contribution in [0, 0.1) is 17.3 Å². The third-order valence-corrected chi connectivity index (χ3v) is 4.11. The van der Waals surface area contributed by atoms with Gasteiger partial charge >= 0.3 is 0 Å². The van der Waals surface area contributed by atoms with Gasteiger partial charge in [0.2, 0.25) is 0 Å². The lowest BCUT2D eigenvalue weighted by Crippen LogP contribution is -2.32. The zero-order valence-electron chi connectivity index (χ0n) is 13.0. The Morgan fingerprint density at radius 2 is 2.05 bits per heavy atom. The van der Waals surface area contributed by atoms with E-state index in [1.165, 1.54) is 6.42 Å². The van der Waals surface area contributed by atoms with E-state index in [0.29, 0.717) is 17.5 Å². The molecule has 1 aromatic carbocycles. The van der Waals surface area contributed by atoms with Crippen molar-refractivity contribution in [2.45, 2.75) is 33.1 Å². The van der Waals surface area contributed by atoms with Crippen LogP contribution >= 0.6 is 0 Å². The van der Waals surface area contributed by atoms with E-state index in [2.05, 4.69) is 25.7 Å². The molecule has 3 nitrogen and oxygen atoms in total. The summed E-state index contributed by atoms with van der Waals surface area (Å²) in [6.07, 6.45) is 3.29. The van der Waals surface area contributed by atoms with Gasteiger partial charge in [-0.15, -0.1) is 0 Å². The number of carbonyl (C=O) groups is 1. The Kier molecular flexibility index (Phi) is 5.03. The van der Waals surface area contributed by atoms with Gasteiger partial charge in [-0.25, -0.2) is 0 Å². The fourth-order valence-electron chi connectivity index (χ4n) is 2.72. The number of carbonyl (C=O) groups excluding carboxylic acids is 1. The lowest BCUT2D eigenvalue weighted by Gasteiger charge is -2.23. The van der Waals surface area contributed by atoms with Gasteiger partial charge in [0.15, 0.2) is 0 Å². The van der Waals surface area contributed by atoms with Gasteiger partial charge in [-0.05, 0) is 36.8 Å². The van der Waals surface area contributed by atoms with Crippen molar-refractivity contribution >= 4 is 5.91 Å². The zero-order chi connectivity index (χ0) is 15.3. The average molecular weight is 284 g/mol. The molecule has 2 rings (SSSR count). The predicted octanol–water partition coefficient (Wildman–Crippen LogP) is 2.65. The van der Waals surface area contributed by atoms with Crippen molar-refractivity contribution in [2.75, 3.05) is 19.6 Å². The Balaban J connectivity index is 2.20. The maximum Gasteiger partial charge on any atom is 0.255 e. The molecule has 1 fully saturated rings. The van der Waals surface area contributed by atoms with Crippen LogP contribution in [0.3, 0.4) is 0 Å². The minimum absolute atomic E-state index is 0.0922. The van der Waals surface area contributed by atoms with Gasteiger partial charge in [0, 0.05) is 18.7 Å². The summed E-state index contributed by atoms with van der Waals surface area (Å²) in [4.78, 5) is 14.7. The second-order valence-corrected chi connectivity index (χ2v) is 6.36. The fourth-order valence-corrected chi connectivity index (χ4v) is 2.72. The van der Waals surface area contributed by atoms with Crippen molar-refractivity contribution in [2.24, 2.45) is 11.1 Å². The quantitative estimate of drug-likeness (QED) is 0.806. The van der Waals surface area contributed by atoms with Gasteiger partial charge < -0.3 is 10.6 Å². The minimum Gasteiger partial charge on any atom is -0.339 e. The van der Waals surface area contributed by atoms with Crippen LogP contribution < -0.4 is 5.73 Å². The van der Waals surface area contributed by atoms with Gasteiger partial charge in [0.1, 0.15) is 0 Å². The highest BCUT2D eigenvalue weighted by Gasteiger charge is 2.26. The zero-order valence-corrected chi connectivity index (χ0v) is 13.0. The standard InChI is InChI=1S/C18H24N2O/c1-18(2)10-6-13-20(14-11-18)17(21)16-9-4-3-7-15(16)8-5-12-19/h3-4,7,9H,6,10-14,19H2,1-2H3. The van der Waals surface area contributed by atoms with Crippen LogP contribution in [0.5, 0.6) is 0 Å². The maximum absolute atomic E-state index is 12.8. The summed E-state index contributed by atoms with van der Waals surface area (Å²) in [5, 5.41) is 0. The highest BCUT2D eigenvalue weighted by atomic mass is 16.2. The van der Waals surface area contributed by atoms with Crippen LogP contribution in [0.25, 0.3) is 0 Å². The van der Waals surface area contributed by atoms with E-state index in [9.17, 15) is 4.79 Å². The van der Waals surface area contributed by atoms with Gasteiger partial charge in [-0.3, -0.25) is 4.79 Å². The lowest BCUT2D eigenvalue weighted by atomic mass is 9.85. The molecule has 0 radical (unpaired) electrons. The van der Waals surface area contributed by atoms with Crippen LogP contribution in [-0.4, -0.2) is 30.4 Å². The molecule has 0 aliphatic carbocycles. The molecule has 0 spiro atoms. The number of likely N-dealkylation sites (tertiary alicyclic amines) is 1. The van der Waals surface area contributed by atoms with Crippen LogP contribution in [0.15, 0.2) is 24.3 Å². The third kappa shape index (κ3) is 4.09. The van der Waals surface area contributed by atoms with Crippen LogP contribution in [0.1, 0.15) is 49.0 Å². The minimum atomic E-state index is 0.0922. The molecule has 3 heteroatoms. The van der Waals surface area contributed by atoms with Gasteiger partial charge in [0.25, 0.3) is 5.91 Å². The highest BCUT2D eigenvalue weighted by Crippen LogP contribution is 2.30. The molecule has 21 heavy (non-hydrogen) atoms. The number of nitrogens with zero attached hydrogens (tertiary/aromatic N) is 1. The monoisotopic (exact) mass is 284 g/mol. The number of amides is 1. The Morgan fingerprint density at radius 1 is 1.29 bits per heavy atom. The Labute approximate surface area is 127 Å². The van der Waals surface area contributed by atoms with Crippen molar-refractivity contribution in [3.05, 3.63) is 35.4 Å². The number of nitrogens with two attached hydrogens (primary N) is 1. The molecule has 0 atom stereocenters. The molecule has 1 saturated heterocycles. The first kappa shape index (κ1) is 15.6. The van der Waals surface area contributed by atoms with Crippen molar-refractivity contribution in [3.63, 3.8) is 0 Å². The van der Waals surface area contributed by atoms with Gasteiger partial charge in [-0.1, -0.05) is 37.8 Å². The fraction of sp³-hybridized carbons (Fsp3) is 0.500. The number of benzene rings is 1. The molecular weight excluding hydrogens is 260 g/mol. The number of hydrogen-bond donors (Lipinski definition) is 1. The Hall–Kier alpha value is -1.79. The number of hydrogen-bond acceptors (Lipinski definition) is 2. The molecule has 1 aliphatic rings. The van der Waals surface area contributed by atoms with Crippen molar-refractivity contribution in [1.29, 1.82) is 0 Å². The molecule has 0 bridgehead atoms. The first-order valence-electron chi connectivity index (χ1n) is 7.61. The first-order valence-corrected chi connectivity index (χ1v) is 7.61. The SMILES string of the molecule is CC1(C)CCCN(C(=O)c2ccccc2C#CCN)CC1. The van der Waals surface area contributed by atoms with E-state index >= 15 is 0 Å². The van der Waals surface area contributed by atoms with Crippen LogP contribution in [0.2, 0.25) is 0 Å². The van der Waals surface area contributed by atoms with E-state index in [0.717, 1.165) is 31.5 Å². The molecule has 1 aromatic rings. The molecule has 1 aliphatic heterocycles. The molecular formula is C18H24N2O. The molecule has 0 saturated carbocycles.